The molecule has 0 rings (SSSR count). The van der Waals surface area contributed by atoms with Crippen LogP contribution in [0.1, 0.15) is 78.6 Å². The van der Waals surface area contributed by atoms with E-state index in [0.29, 0.717) is 0 Å². The Balaban J connectivity index is 3.48. The van der Waals surface area contributed by atoms with Crippen LogP contribution in [0.15, 0.2) is 0 Å². The molecule has 0 saturated heterocycles. The molecule has 0 amide bonds. The summed E-state index contributed by atoms with van der Waals surface area (Å²) in [7, 11) is 2.12. The molecule has 0 aliphatic carbocycles. The Morgan fingerprint density at radius 2 is 1.37 bits per heavy atom. The molecule has 1 unspecified atom stereocenters. The van der Waals surface area contributed by atoms with Crippen LogP contribution in [-0.4, -0.2) is 37.6 Å². The van der Waals surface area contributed by atoms with Gasteiger partial charge < -0.3 is 10.2 Å². The SMILES string of the molecule is CCCCCCCCCC(CCN(CC)CC)NC. The molecule has 0 spiro atoms. The molecule has 0 aliphatic heterocycles. The molecule has 1 atom stereocenters. The van der Waals surface area contributed by atoms with Crippen molar-refractivity contribution in [3.63, 3.8) is 0 Å². The van der Waals surface area contributed by atoms with Crippen LogP contribution in [0.25, 0.3) is 0 Å². The number of unbranched alkanes of at least 4 members (excludes halogenated alkanes) is 6. The maximum Gasteiger partial charge on any atom is 0.00762 e. The summed E-state index contributed by atoms with van der Waals surface area (Å²) in [5, 5.41) is 3.49. The van der Waals surface area contributed by atoms with Gasteiger partial charge in [-0.3, -0.25) is 0 Å². The van der Waals surface area contributed by atoms with Crippen molar-refractivity contribution in [1.29, 1.82) is 0 Å². The molecule has 0 heterocycles. The van der Waals surface area contributed by atoms with Gasteiger partial charge in [-0.1, -0.05) is 65.7 Å². The molecule has 0 aromatic heterocycles. The van der Waals surface area contributed by atoms with Gasteiger partial charge in [0.2, 0.25) is 0 Å². The summed E-state index contributed by atoms with van der Waals surface area (Å²) in [6.07, 6.45) is 12.6. The number of rotatable bonds is 14. The van der Waals surface area contributed by atoms with Gasteiger partial charge >= 0.3 is 0 Å². The van der Waals surface area contributed by atoms with E-state index in [1.165, 1.54) is 77.4 Å². The Hall–Kier alpha value is -0.0800. The van der Waals surface area contributed by atoms with E-state index in [2.05, 4.69) is 38.0 Å². The highest BCUT2D eigenvalue weighted by atomic mass is 15.1. The third-order valence-corrected chi connectivity index (χ3v) is 4.25. The number of nitrogens with one attached hydrogen (secondary N) is 1. The average molecular weight is 271 g/mol. The van der Waals surface area contributed by atoms with Gasteiger partial charge in [0.1, 0.15) is 0 Å². The zero-order chi connectivity index (χ0) is 14.3. The summed E-state index contributed by atoms with van der Waals surface area (Å²) >= 11 is 0. The number of hydrogen-bond donors (Lipinski definition) is 1. The van der Waals surface area contributed by atoms with Crippen LogP contribution in [0.5, 0.6) is 0 Å². The van der Waals surface area contributed by atoms with Crippen LogP contribution in [0.4, 0.5) is 0 Å². The van der Waals surface area contributed by atoms with E-state index in [0.717, 1.165) is 6.04 Å². The van der Waals surface area contributed by atoms with Crippen LogP contribution >= 0.6 is 0 Å². The minimum atomic E-state index is 0.719. The van der Waals surface area contributed by atoms with Gasteiger partial charge in [0, 0.05) is 6.04 Å². The van der Waals surface area contributed by atoms with Crippen LogP contribution in [0.2, 0.25) is 0 Å². The standard InChI is InChI=1S/C17H38N2/c1-5-8-9-10-11-12-13-14-17(18-4)15-16-19(6-2)7-3/h17-18H,5-16H2,1-4H3. The molecule has 0 saturated carbocycles. The molecule has 2 heteroatoms. The number of hydrogen-bond acceptors (Lipinski definition) is 2. The molecular weight excluding hydrogens is 232 g/mol. The second-order valence-corrected chi connectivity index (χ2v) is 5.71. The van der Waals surface area contributed by atoms with Gasteiger partial charge in [-0.05, 0) is 39.5 Å². The van der Waals surface area contributed by atoms with E-state index in [1.807, 2.05) is 0 Å². The van der Waals surface area contributed by atoms with Gasteiger partial charge in [-0.15, -0.1) is 0 Å². The quantitative estimate of drug-likeness (QED) is 0.469. The minimum Gasteiger partial charge on any atom is -0.317 e. The van der Waals surface area contributed by atoms with E-state index in [1.54, 1.807) is 0 Å². The van der Waals surface area contributed by atoms with Crippen LogP contribution in [0, 0.1) is 0 Å². The lowest BCUT2D eigenvalue weighted by molar-refractivity contribution is 0.279. The van der Waals surface area contributed by atoms with Crippen molar-refractivity contribution in [2.24, 2.45) is 0 Å². The van der Waals surface area contributed by atoms with Crippen molar-refractivity contribution < 1.29 is 0 Å². The van der Waals surface area contributed by atoms with Crippen molar-refractivity contribution >= 4 is 0 Å². The largest absolute Gasteiger partial charge is 0.317 e. The average Bonchev–Trinajstić information content (AvgIpc) is 2.45. The lowest BCUT2D eigenvalue weighted by atomic mass is 10.0. The third kappa shape index (κ3) is 11.4. The second kappa shape index (κ2) is 14.3. The molecule has 0 aromatic carbocycles. The molecule has 0 radical (unpaired) electrons. The van der Waals surface area contributed by atoms with Gasteiger partial charge in [0.05, 0.1) is 0 Å². The fourth-order valence-electron chi connectivity index (χ4n) is 2.66. The fourth-order valence-corrected chi connectivity index (χ4v) is 2.66. The van der Waals surface area contributed by atoms with Gasteiger partial charge in [0.15, 0.2) is 0 Å². The van der Waals surface area contributed by atoms with E-state index in [4.69, 9.17) is 0 Å². The first-order valence-electron chi connectivity index (χ1n) is 8.68. The number of nitrogens with zero attached hydrogens (tertiary/aromatic N) is 1. The van der Waals surface area contributed by atoms with E-state index in [-0.39, 0.29) is 0 Å². The molecule has 1 N–H and O–H groups in total. The summed E-state index contributed by atoms with van der Waals surface area (Å²) in [6.45, 7) is 10.4. The Morgan fingerprint density at radius 3 is 1.89 bits per heavy atom. The van der Waals surface area contributed by atoms with Gasteiger partial charge in [-0.25, -0.2) is 0 Å². The van der Waals surface area contributed by atoms with Crippen molar-refractivity contribution in [1.82, 2.24) is 10.2 Å². The maximum absolute atomic E-state index is 3.49. The van der Waals surface area contributed by atoms with Gasteiger partial charge in [-0.2, -0.15) is 0 Å². The topological polar surface area (TPSA) is 15.3 Å². The van der Waals surface area contributed by atoms with Crippen LogP contribution in [-0.2, 0) is 0 Å². The van der Waals surface area contributed by atoms with Crippen LogP contribution < -0.4 is 5.32 Å². The Labute approximate surface area is 122 Å². The zero-order valence-electron chi connectivity index (χ0n) is 14.0. The van der Waals surface area contributed by atoms with E-state index >= 15 is 0 Å². The highest BCUT2D eigenvalue weighted by molar-refractivity contribution is 4.67. The molecule has 19 heavy (non-hydrogen) atoms. The van der Waals surface area contributed by atoms with Crippen molar-refractivity contribution in [2.75, 3.05) is 26.7 Å². The summed E-state index contributed by atoms with van der Waals surface area (Å²) in [5.74, 6) is 0. The molecule has 0 fully saturated rings. The van der Waals surface area contributed by atoms with Gasteiger partial charge in [0.25, 0.3) is 0 Å². The highest BCUT2D eigenvalue weighted by Gasteiger charge is 2.07. The predicted octanol–water partition coefficient (Wildman–Crippen LogP) is 4.45. The predicted molar refractivity (Wildman–Crippen MR) is 87.9 cm³/mol. The molecule has 2 nitrogen and oxygen atoms in total. The first kappa shape index (κ1) is 18.9. The highest BCUT2D eigenvalue weighted by Crippen LogP contribution is 2.11. The molecule has 116 valence electrons. The maximum atomic E-state index is 3.49. The smallest absolute Gasteiger partial charge is 0.00762 e. The van der Waals surface area contributed by atoms with E-state index in [9.17, 15) is 0 Å². The Morgan fingerprint density at radius 1 is 0.789 bits per heavy atom. The third-order valence-electron chi connectivity index (χ3n) is 4.25. The molecular formula is C17H38N2. The minimum absolute atomic E-state index is 0.719. The van der Waals surface area contributed by atoms with Crippen molar-refractivity contribution in [3.8, 4) is 0 Å². The van der Waals surface area contributed by atoms with Crippen LogP contribution in [0.3, 0.4) is 0 Å². The molecule has 0 aromatic rings. The summed E-state index contributed by atoms with van der Waals surface area (Å²) in [4.78, 5) is 2.52. The normalized spacial score (nSPS) is 13.1. The van der Waals surface area contributed by atoms with Crippen molar-refractivity contribution in [2.45, 2.75) is 84.6 Å². The second-order valence-electron chi connectivity index (χ2n) is 5.71. The van der Waals surface area contributed by atoms with Crippen molar-refractivity contribution in [3.05, 3.63) is 0 Å². The first-order valence-corrected chi connectivity index (χ1v) is 8.68. The summed E-state index contributed by atoms with van der Waals surface area (Å²) in [6, 6.07) is 0.719. The Bertz CT molecular complexity index is 167. The molecule has 0 bridgehead atoms. The monoisotopic (exact) mass is 270 g/mol. The van der Waals surface area contributed by atoms with E-state index < -0.39 is 0 Å². The first-order chi connectivity index (χ1) is 9.28. The lowest BCUT2D eigenvalue weighted by Crippen LogP contribution is -2.32. The Kier molecular flexibility index (Phi) is 14.3. The zero-order valence-corrected chi connectivity index (χ0v) is 14.0. The summed E-state index contributed by atoms with van der Waals surface area (Å²) < 4.78 is 0. The summed E-state index contributed by atoms with van der Waals surface area (Å²) in [5.41, 5.74) is 0. The lowest BCUT2D eigenvalue weighted by Gasteiger charge is -2.22. The molecule has 0 aliphatic rings. The fraction of sp³-hybridized carbons (Fsp3) is 1.00.